The molecule has 0 aromatic heterocycles. The molecule has 3 fully saturated rings. The highest BCUT2D eigenvalue weighted by molar-refractivity contribution is 6.30. The fraction of sp³-hybridized carbons (Fsp3) is 0.682. The number of halogens is 2. The third-order valence-corrected chi connectivity index (χ3v) is 7.79. The van der Waals surface area contributed by atoms with Gasteiger partial charge in [0.15, 0.2) is 0 Å². The summed E-state index contributed by atoms with van der Waals surface area (Å²) in [5.41, 5.74) is 0.482. The Morgan fingerprint density at radius 3 is 2.71 bits per heavy atom. The molecule has 1 amide bonds. The predicted molar refractivity (Wildman–Crippen MR) is 108 cm³/mol. The van der Waals surface area contributed by atoms with Gasteiger partial charge in [0.1, 0.15) is 5.82 Å². The SMILES string of the molecule is CC(=O)N[C@]12CCO[C@@H](c3ccc(Cl)c(F)c3)[C@@H]1C[C@H]1C[C@H]2[C@@H](C)NC1(C)C. The summed E-state index contributed by atoms with van der Waals surface area (Å²) in [4.78, 5) is 12.2. The van der Waals surface area contributed by atoms with Crippen LogP contribution in [0.25, 0.3) is 0 Å². The molecule has 154 valence electrons. The molecule has 6 heteroatoms. The lowest BCUT2D eigenvalue weighted by Crippen LogP contribution is -2.73. The van der Waals surface area contributed by atoms with Crippen LogP contribution < -0.4 is 10.6 Å². The van der Waals surface area contributed by atoms with Gasteiger partial charge in [-0.1, -0.05) is 17.7 Å². The van der Waals surface area contributed by atoms with Gasteiger partial charge in [-0.25, -0.2) is 4.39 Å². The second kappa shape index (κ2) is 6.96. The van der Waals surface area contributed by atoms with Crippen LogP contribution in [0.5, 0.6) is 0 Å². The number of amides is 1. The Balaban J connectivity index is 1.79. The highest BCUT2D eigenvalue weighted by Crippen LogP contribution is 2.56. The Hall–Kier alpha value is -1.17. The van der Waals surface area contributed by atoms with Crippen molar-refractivity contribution in [3.05, 3.63) is 34.6 Å². The molecule has 28 heavy (non-hydrogen) atoms. The molecule has 2 heterocycles. The standard InChI is InChI=1S/C22H30ClFN2O2/c1-12-16-10-15(21(3,4)25-12)11-17-20(14-5-6-18(23)19(24)9-14)28-8-7-22(16,17)26-13(2)27/h5-6,9,12,15-17,20,25H,7-8,10-11H2,1-4H3,(H,26,27)/t12-,15-,16+,17+,20+,22+/m1/s1. The van der Waals surface area contributed by atoms with Gasteiger partial charge < -0.3 is 15.4 Å². The molecule has 3 aliphatic rings. The topological polar surface area (TPSA) is 50.4 Å². The number of carbonyl (C=O) groups is 1. The van der Waals surface area contributed by atoms with E-state index in [1.54, 1.807) is 13.0 Å². The van der Waals surface area contributed by atoms with Crippen molar-refractivity contribution in [1.82, 2.24) is 10.6 Å². The number of fused-ring (bicyclic) bond motifs is 4. The molecular formula is C22H30ClFN2O2. The van der Waals surface area contributed by atoms with Crippen molar-refractivity contribution in [2.24, 2.45) is 17.8 Å². The second-order valence-corrected chi connectivity index (χ2v) is 9.88. The van der Waals surface area contributed by atoms with Gasteiger partial charge in [0, 0.05) is 31.0 Å². The van der Waals surface area contributed by atoms with Gasteiger partial charge in [-0.2, -0.15) is 0 Å². The van der Waals surface area contributed by atoms with Crippen LogP contribution in [0.4, 0.5) is 4.39 Å². The molecule has 1 saturated carbocycles. The molecule has 2 aliphatic heterocycles. The third kappa shape index (κ3) is 3.16. The van der Waals surface area contributed by atoms with Gasteiger partial charge in [0.2, 0.25) is 5.91 Å². The number of rotatable bonds is 2. The van der Waals surface area contributed by atoms with Crippen LogP contribution in [0.15, 0.2) is 18.2 Å². The number of hydrogen-bond acceptors (Lipinski definition) is 3. The van der Waals surface area contributed by atoms with E-state index < -0.39 is 5.82 Å². The molecule has 0 radical (unpaired) electrons. The van der Waals surface area contributed by atoms with Crippen molar-refractivity contribution in [3.8, 4) is 0 Å². The number of benzene rings is 1. The molecule has 1 aliphatic carbocycles. The highest BCUT2D eigenvalue weighted by Gasteiger charge is 2.61. The van der Waals surface area contributed by atoms with Crippen LogP contribution >= 0.6 is 11.6 Å². The van der Waals surface area contributed by atoms with E-state index >= 15 is 0 Å². The summed E-state index contributed by atoms with van der Waals surface area (Å²) in [6.07, 6.45) is 2.55. The van der Waals surface area contributed by atoms with Crippen LogP contribution in [0.1, 0.15) is 58.6 Å². The fourth-order valence-corrected chi connectivity index (χ4v) is 6.40. The zero-order valence-corrected chi connectivity index (χ0v) is 17.8. The van der Waals surface area contributed by atoms with E-state index in [2.05, 4.69) is 31.4 Å². The molecule has 2 bridgehead atoms. The summed E-state index contributed by atoms with van der Waals surface area (Å²) < 4.78 is 20.4. The van der Waals surface area contributed by atoms with Crippen LogP contribution in [-0.4, -0.2) is 29.6 Å². The monoisotopic (exact) mass is 408 g/mol. The molecule has 6 atom stereocenters. The third-order valence-electron chi connectivity index (χ3n) is 7.48. The Bertz CT molecular complexity index is 786. The lowest BCUT2D eigenvalue weighted by atomic mass is 9.52. The van der Waals surface area contributed by atoms with Crippen molar-refractivity contribution in [1.29, 1.82) is 0 Å². The van der Waals surface area contributed by atoms with E-state index in [-0.39, 0.29) is 40.1 Å². The number of piperidine rings is 1. The summed E-state index contributed by atoms with van der Waals surface area (Å²) in [5.74, 6) is 0.449. The molecule has 0 spiro atoms. The molecule has 1 aromatic rings. The van der Waals surface area contributed by atoms with Gasteiger partial charge in [0.25, 0.3) is 0 Å². The van der Waals surface area contributed by atoms with Crippen molar-refractivity contribution < 1.29 is 13.9 Å². The first kappa shape index (κ1) is 20.1. The van der Waals surface area contributed by atoms with Gasteiger partial charge in [0.05, 0.1) is 16.7 Å². The second-order valence-electron chi connectivity index (χ2n) is 9.47. The van der Waals surface area contributed by atoms with Crippen molar-refractivity contribution in [3.63, 3.8) is 0 Å². The maximum absolute atomic E-state index is 14.2. The van der Waals surface area contributed by atoms with Gasteiger partial charge >= 0.3 is 0 Å². The first-order chi connectivity index (χ1) is 13.1. The number of hydrogen-bond donors (Lipinski definition) is 2. The van der Waals surface area contributed by atoms with E-state index in [9.17, 15) is 9.18 Å². The lowest BCUT2D eigenvalue weighted by Gasteiger charge is -2.63. The van der Waals surface area contributed by atoms with E-state index in [0.29, 0.717) is 18.4 Å². The largest absolute Gasteiger partial charge is 0.373 e. The normalized spacial score (nSPS) is 39.1. The predicted octanol–water partition coefficient (Wildman–Crippen LogP) is 4.23. The molecule has 4 rings (SSSR count). The maximum atomic E-state index is 14.2. The molecule has 2 N–H and O–H groups in total. The van der Waals surface area contributed by atoms with E-state index in [0.717, 1.165) is 24.8 Å². The zero-order chi connectivity index (χ0) is 20.3. The first-order valence-corrected chi connectivity index (χ1v) is 10.6. The van der Waals surface area contributed by atoms with E-state index in [1.165, 1.54) is 6.07 Å². The Morgan fingerprint density at radius 1 is 1.32 bits per heavy atom. The van der Waals surface area contributed by atoms with Crippen molar-refractivity contribution >= 4 is 17.5 Å². The van der Waals surface area contributed by atoms with Crippen LogP contribution in [0.2, 0.25) is 5.02 Å². The van der Waals surface area contributed by atoms with Gasteiger partial charge in [-0.15, -0.1) is 0 Å². The minimum Gasteiger partial charge on any atom is -0.373 e. The summed E-state index contributed by atoms with van der Waals surface area (Å²) >= 11 is 5.91. The smallest absolute Gasteiger partial charge is 0.217 e. The Morgan fingerprint density at radius 2 is 2.04 bits per heavy atom. The highest BCUT2D eigenvalue weighted by atomic mass is 35.5. The van der Waals surface area contributed by atoms with Crippen molar-refractivity contribution in [2.75, 3.05) is 6.61 Å². The number of ether oxygens (including phenoxy) is 1. The fourth-order valence-electron chi connectivity index (χ4n) is 6.28. The summed E-state index contributed by atoms with van der Waals surface area (Å²) in [6, 6.07) is 5.23. The zero-order valence-electron chi connectivity index (χ0n) is 17.0. The summed E-state index contributed by atoms with van der Waals surface area (Å²) in [6.45, 7) is 8.88. The van der Waals surface area contributed by atoms with Crippen molar-refractivity contribution in [2.45, 2.75) is 70.2 Å². The number of nitrogens with one attached hydrogen (secondary N) is 2. The van der Waals surface area contributed by atoms with Crippen LogP contribution in [-0.2, 0) is 9.53 Å². The quantitative estimate of drug-likeness (QED) is 0.770. The molecule has 4 nitrogen and oxygen atoms in total. The minimum atomic E-state index is -0.426. The van der Waals surface area contributed by atoms with E-state index in [1.807, 2.05) is 6.07 Å². The van der Waals surface area contributed by atoms with Gasteiger partial charge in [-0.3, -0.25) is 4.79 Å². The average Bonchev–Trinajstić information content (AvgIpc) is 2.60. The minimum absolute atomic E-state index is 0.0107. The summed E-state index contributed by atoms with van der Waals surface area (Å²) in [7, 11) is 0. The molecular weight excluding hydrogens is 379 g/mol. The lowest BCUT2D eigenvalue weighted by molar-refractivity contribution is -0.160. The molecule has 0 unspecified atom stereocenters. The molecule has 1 aromatic carbocycles. The van der Waals surface area contributed by atoms with Gasteiger partial charge in [-0.05, 0) is 69.6 Å². The maximum Gasteiger partial charge on any atom is 0.217 e. The number of carbonyl (C=O) groups excluding carboxylic acids is 1. The molecule has 2 saturated heterocycles. The Labute approximate surface area is 171 Å². The summed E-state index contributed by atoms with van der Waals surface area (Å²) in [5, 5.41) is 7.27. The average molecular weight is 409 g/mol. The first-order valence-electron chi connectivity index (χ1n) is 10.3. The van der Waals surface area contributed by atoms with Crippen LogP contribution in [0.3, 0.4) is 0 Å². The van der Waals surface area contributed by atoms with Crippen LogP contribution in [0, 0.1) is 23.6 Å². The Kier molecular flexibility index (Phi) is 5.00. The van der Waals surface area contributed by atoms with E-state index in [4.69, 9.17) is 16.3 Å².